The van der Waals surface area contributed by atoms with Crippen molar-refractivity contribution < 1.29 is 14.7 Å². The molecule has 3 N–H and O–H groups in total. The Kier molecular flexibility index (Phi) is 3.83. The Hall–Kier alpha value is -3.48. The van der Waals surface area contributed by atoms with Gasteiger partial charge in [0.05, 0.1) is 16.6 Å². The number of amides is 1. The minimum absolute atomic E-state index is 0.0944. The zero-order chi connectivity index (χ0) is 17.3. The van der Waals surface area contributed by atoms with E-state index in [1.807, 2.05) is 0 Å². The number of nitrogens with one attached hydrogen (secondary N) is 2. The van der Waals surface area contributed by atoms with Crippen LogP contribution >= 0.6 is 0 Å². The van der Waals surface area contributed by atoms with Crippen molar-refractivity contribution >= 4 is 28.6 Å². The molecule has 1 amide bonds. The summed E-state index contributed by atoms with van der Waals surface area (Å²) in [5.74, 6) is -1.35. The molecular formula is C17H14N4O3. The highest BCUT2D eigenvalue weighted by atomic mass is 16.4. The first kappa shape index (κ1) is 15.4. The van der Waals surface area contributed by atoms with E-state index in [0.717, 1.165) is 0 Å². The maximum absolute atomic E-state index is 11.8. The minimum Gasteiger partial charge on any atom is -0.478 e. The van der Waals surface area contributed by atoms with Crippen LogP contribution in [0.3, 0.4) is 0 Å². The van der Waals surface area contributed by atoms with Crippen LogP contribution in [0.2, 0.25) is 0 Å². The van der Waals surface area contributed by atoms with Gasteiger partial charge in [-0.15, -0.1) is 0 Å². The Bertz CT molecular complexity index is 975. The molecule has 0 aliphatic rings. The number of carboxylic acids is 1. The van der Waals surface area contributed by atoms with E-state index in [2.05, 4.69) is 26.8 Å². The third-order valence-corrected chi connectivity index (χ3v) is 3.48. The average molecular weight is 322 g/mol. The van der Waals surface area contributed by atoms with Crippen molar-refractivity contribution in [2.24, 2.45) is 0 Å². The van der Waals surface area contributed by atoms with E-state index in [0.29, 0.717) is 33.6 Å². The highest BCUT2D eigenvalue weighted by Crippen LogP contribution is 2.29. The second-order valence-electron chi connectivity index (χ2n) is 5.27. The second kappa shape index (κ2) is 5.96. The summed E-state index contributed by atoms with van der Waals surface area (Å²) in [5, 5.41) is 12.5. The molecule has 2 heterocycles. The number of benzene rings is 1. The molecule has 3 aromatic rings. The summed E-state index contributed by atoms with van der Waals surface area (Å²) in [6, 6.07) is 7.00. The normalized spacial score (nSPS) is 10.5. The molecule has 1 aromatic carbocycles. The first-order valence-corrected chi connectivity index (χ1v) is 7.10. The minimum atomic E-state index is -1.07. The summed E-state index contributed by atoms with van der Waals surface area (Å²) in [6.45, 7) is 5.21. The van der Waals surface area contributed by atoms with Crippen LogP contribution in [0.5, 0.6) is 0 Å². The fourth-order valence-electron chi connectivity index (χ4n) is 2.33. The third-order valence-electron chi connectivity index (χ3n) is 3.48. The Morgan fingerprint density at radius 3 is 2.79 bits per heavy atom. The van der Waals surface area contributed by atoms with Crippen LogP contribution in [-0.2, 0) is 4.79 Å². The molecule has 24 heavy (non-hydrogen) atoms. The largest absolute Gasteiger partial charge is 0.478 e. The quantitative estimate of drug-likeness (QED) is 0.640. The van der Waals surface area contributed by atoms with Crippen LogP contribution in [0, 0.1) is 0 Å². The lowest BCUT2D eigenvalue weighted by atomic mass is 10.1. The predicted molar refractivity (Wildman–Crippen MR) is 89.7 cm³/mol. The molecule has 0 saturated heterocycles. The van der Waals surface area contributed by atoms with Crippen LogP contribution in [0.15, 0.2) is 48.9 Å². The van der Waals surface area contributed by atoms with E-state index in [-0.39, 0.29) is 11.5 Å². The van der Waals surface area contributed by atoms with Crippen molar-refractivity contribution in [3.8, 4) is 11.3 Å². The summed E-state index contributed by atoms with van der Waals surface area (Å²) in [4.78, 5) is 34.3. The number of rotatable bonds is 4. The molecule has 0 bridgehead atoms. The number of aromatic nitrogens is 3. The number of hydrogen-bond donors (Lipinski definition) is 3. The molecule has 0 radical (unpaired) electrons. The van der Waals surface area contributed by atoms with Crippen molar-refractivity contribution in [1.82, 2.24) is 15.0 Å². The van der Waals surface area contributed by atoms with Gasteiger partial charge in [-0.1, -0.05) is 18.7 Å². The van der Waals surface area contributed by atoms with E-state index in [1.54, 1.807) is 31.2 Å². The number of hydrogen-bond acceptors (Lipinski definition) is 4. The zero-order valence-electron chi connectivity index (χ0n) is 12.8. The van der Waals surface area contributed by atoms with Crippen molar-refractivity contribution in [3.63, 3.8) is 0 Å². The lowest BCUT2D eigenvalue weighted by Crippen LogP contribution is -2.11. The fraction of sp³-hybridized carbons (Fsp3) is 0.0588. The number of carboxylic acid groups (broad SMARTS) is 1. The van der Waals surface area contributed by atoms with E-state index < -0.39 is 5.97 Å². The summed E-state index contributed by atoms with van der Waals surface area (Å²) >= 11 is 0. The van der Waals surface area contributed by atoms with Gasteiger partial charge in [0.1, 0.15) is 12.0 Å². The first-order valence-electron chi connectivity index (χ1n) is 7.10. The Labute approximate surface area is 137 Å². The molecule has 0 atom stereocenters. The maximum atomic E-state index is 11.8. The van der Waals surface area contributed by atoms with Crippen molar-refractivity contribution in [2.75, 3.05) is 5.32 Å². The van der Waals surface area contributed by atoms with E-state index in [1.165, 1.54) is 12.5 Å². The molecule has 7 heteroatoms. The summed E-state index contributed by atoms with van der Waals surface area (Å²) in [5.41, 5.74) is 2.64. The van der Waals surface area contributed by atoms with Crippen molar-refractivity contribution in [3.05, 3.63) is 54.5 Å². The molecule has 120 valence electrons. The smallest absolute Gasteiger partial charge is 0.338 e. The van der Waals surface area contributed by atoms with E-state index >= 15 is 0 Å². The van der Waals surface area contributed by atoms with Gasteiger partial charge in [0.15, 0.2) is 0 Å². The number of H-pyrrole nitrogens is 1. The molecule has 2 aromatic heterocycles. The van der Waals surface area contributed by atoms with E-state index in [4.69, 9.17) is 0 Å². The van der Waals surface area contributed by atoms with Gasteiger partial charge in [0.2, 0.25) is 0 Å². The van der Waals surface area contributed by atoms with Gasteiger partial charge >= 0.3 is 5.97 Å². The molecule has 0 unspecified atom stereocenters. The molecule has 0 spiro atoms. The average Bonchev–Trinajstić information content (AvgIpc) is 2.99. The standard InChI is InChI=1S/C17H14N4O3/c1-9(2)16(22)21-11-5-3-4-10(6-11)14-13-12(17(23)24)7-18-15(13)20-8-19-14/h3-8H,1H2,2H3,(H,21,22)(H,23,24)(H,18,19,20). The Morgan fingerprint density at radius 1 is 1.29 bits per heavy atom. The predicted octanol–water partition coefficient (Wildman–Crippen LogP) is 2.84. The summed E-state index contributed by atoms with van der Waals surface area (Å²) in [6.07, 6.45) is 2.75. The molecule has 0 aliphatic heterocycles. The SMILES string of the molecule is C=C(C)C(=O)Nc1cccc(-c2ncnc3[nH]cc(C(=O)O)c23)c1. The molecular weight excluding hydrogens is 308 g/mol. The van der Waals surface area contributed by atoms with Crippen molar-refractivity contribution in [2.45, 2.75) is 6.92 Å². The van der Waals surface area contributed by atoms with Gasteiger partial charge in [0, 0.05) is 23.0 Å². The molecule has 0 fully saturated rings. The Morgan fingerprint density at radius 2 is 2.08 bits per heavy atom. The van der Waals surface area contributed by atoms with Crippen LogP contribution in [0.25, 0.3) is 22.3 Å². The monoisotopic (exact) mass is 322 g/mol. The lowest BCUT2D eigenvalue weighted by molar-refractivity contribution is -0.112. The lowest BCUT2D eigenvalue weighted by Gasteiger charge is -2.08. The van der Waals surface area contributed by atoms with Crippen LogP contribution in [-0.4, -0.2) is 31.9 Å². The van der Waals surface area contributed by atoms with Crippen molar-refractivity contribution in [1.29, 1.82) is 0 Å². The summed E-state index contributed by atoms with van der Waals surface area (Å²) < 4.78 is 0. The van der Waals surface area contributed by atoms with E-state index in [9.17, 15) is 14.7 Å². The number of aromatic amines is 1. The highest BCUT2D eigenvalue weighted by molar-refractivity contribution is 6.08. The maximum Gasteiger partial charge on any atom is 0.338 e. The van der Waals surface area contributed by atoms with Gasteiger partial charge in [0.25, 0.3) is 5.91 Å². The Balaban J connectivity index is 2.11. The second-order valence-corrected chi connectivity index (χ2v) is 5.27. The fourth-order valence-corrected chi connectivity index (χ4v) is 2.33. The van der Waals surface area contributed by atoms with Crippen LogP contribution in [0.1, 0.15) is 17.3 Å². The number of anilines is 1. The molecule has 3 rings (SSSR count). The number of carbonyl (C=O) groups is 2. The van der Waals surface area contributed by atoms with Gasteiger partial charge in [-0.05, 0) is 19.1 Å². The molecule has 7 nitrogen and oxygen atoms in total. The zero-order valence-corrected chi connectivity index (χ0v) is 12.8. The van der Waals surface area contributed by atoms with Gasteiger partial charge < -0.3 is 15.4 Å². The number of nitrogens with zero attached hydrogens (tertiary/aromatic N) is 2. The molecule has 0 aliphatic carbocycles. The van der Waals surface area contributed by atoms with Crippen LogP contribution in [0.4, 0.5) is 5.69 Å². The summed E-state index contributed by atoms with van der Waals surface area (Å²) in [7, 11) is 0. The van der Waals surface area contributed by atoms with Crippen LogP contribution < -0.4 is 5.32 Å². The topological polar surface area (TPSA) is 108 Å². The first-order chi connectivity index (χ1) is 11.5. The number of fused-ring (bicyclic) bond motifs is 1. The third kappa shape index (κ3) is 2.74. The molecule has 0 saturated carbocycles. The number of carbonyl (C=O) groups excluding carboxylic acids is 1. The highest BCUT2D eigenvalue weighted by Gasteiger charge is 2.17. The van der Waals surface area contributed by atoms with Gasteiger partial charge in [-0.2, -0.15) is 0 Å². The van der Waals surface area contributed by atoms with Gasteiger partial charge in [-0.3, -0.25) is 4.79 Å². The number of aromatic carboxylic acids is 1. The van der Waals surface area contributed by atoms with Gasteiger partial charge in [-0.25, -0.2) is 14.8 Å².